The largest absolute Gasteiger partial charge is 0.269 e. The first-order valence-electron chi connectivity index (χ1n) is 8.81. The van der Waals surface area contributed by atoms with Crippen molar-refractivity contribution >= 4 is 51.6 Å². The Balaban J connectivity index is 1.75. The number of aromatic nitrogens is 1. The van der Waals surface area contributed by atoms with Gasteiger partial charge in [0.15, 0.2) is 0 Å². The van der Waals surface area contributed by atoms with Crippen LogP contribution >= 0.6 is 34.5 Å². The van der Waals surface area contributed by atoms with Crippen LogP contribution in [0.2, 0.25) is 10.0 Å². The normalized spacial score (nSPS) is 11.1. The van der Waals surface area contributed by atoms with E-state index in [4.69, 9.17) is 28.2 Å². The first kappa shape index (κ1) is 20.2. The molecule has 0 aliphatic heterocycles. The summed E-state index contributed by atoms with van der Waals surface area (Å²) in [5.41, 5.74) is 3.40. The van der Waals surface area contributed by atoms with E-state index >= 15 is 0 Å². The fourth-order valence-electron chi connectivity index (χ4n) is 2.78. The summed E-state index contributed by atoms with van der Waals surface area (Å²) in [6, 6.07) is 21.1. The van der Waals surface area contributed by atoms with Crippen LogP contribution in [-0.2, 0) is 0 Å². The lowest BCUT2D eigenvalue weighted by Gasteiger charge is -2.03. The topological polar surface area (TPSA) is 68.4 Å². The molecule has 1 aromatic heterocycles. The molecule has 0 aliphatic carbocycles. The molecule has 0 saturated carbocycles. The molecule has 0 radical (unpaired) electrons. The Kier molecular flexibility index (Phi) is 5.90. The summed E-state index contributed by atoms with van der Waals surface area (Å²) in [5, 5.41) is 12.8. The van der Waals surface area contributed by atoms with Crippen LogP contribution in [0.3, 0.4) is 0 Å². The Morgan fingerprint density at radius 2 is 1.43 bits per heavy atom. The highest BCUT2D eigenvalue weighted by Crippen LogP contribution is 2.40. The molecule has 0 atom stereocenters. The molecule has 1 heterocycles. The van der Waals surface area contributed by atoms with Gasteiger partial charge in [0.25, 0.3) is 5.69 Å². The van der Waals surface area contributed by atoms with Gasteiger partial charge in [-0.1, -0.05) is 58.8 Å². The molecule has 0 amide bonds. The van der Waals surface area contributed by atoms with E-state index in [-0.39, 0.29) is 5.69 Å². The Hall–Kier alpha value is -3.06. The van der Waals surface area contributed by atoms with Crippen LogP contribution in [0.1, 0.15) is 5.56 Å². The Labute approximate surface area is 186 Å². The Morgan fingerprint density at radius 1 is 0.867 bits per heavy atom. The minimum atomic E-state index is -0.418. The maximum atomic E-state index is 11.0. The number of non-ortho nitro benzene ring substituents is 1. The third-order valence-corrected chi connectivity index (χ3v) is 5.78. The lowest BCUT2D eigenvalue weighted by atomic mass is 10.1. The first-order valence-corrected chi connectivity index (χ1v) is 10.4. The fraction of sp³-hybridized carbons (Fsp3) is 0. The van der Waals surface area contributed by atoms with E-state index in [1.807, 2.05) is 24.3 Å². The maximum absolute atomic E-state index is 11.0. The van der Waals surface area contributed by atoms with Gasteiger partial charge in [0.2, 0.25) is 5.13 Å². The number of hydrogen-bond acceptors (Lipinski definition) is 5. The van der Waals surface area contributed by atoms with Crippen molar-refractivity contribution in [1.29, 1.82) is 0 Å². The van der Waals surface area contributed by atoms with E-state index in [0.717, 1.165) is 27.3 Å². The highest BCUT2D eigenvalue weighted by Gasteiger charge is 2.16. The summed E-state index contributed by atoms with van der Waals surface area (Å²) < 4.78 is 0. The lowest BCUT2D eigenvalue weighted by molar-refractivity contribution is -0.384. The van der Waals surface area contributed by atoms with Crippen LogP contribution in [0.5, 0.6) is 0 Å². The van der Waals surface area contributed by atoms with Crippen LogP contribution in [0, 0.1) is 10.1 Å². The number of halogens is 2. The summed E-state index contributed by atoms with van der Waals surface area (Å²) in [6.07, 6.45) is 1.72. The smallest absolute Gasteiger partial charge is 0.258 e. The minimum Gasteiger partial charge on any atom is -0.258 e. The van der Waals surface area contributed by atoms with Crippen LogP contribution in [0.15, 0.2) is 77.8 Å². The summed E-state index contributed by atoms with van der Waals surface area (Å²) in [4.78, 5) is 20.6. The molecule has 148 valence electrons. The van der Waals surface area contributed by atoms with Crippen LogP contribution in [0.4, 0.5) is 10.8 Å². The zero-order valence-electron chi connectivity index (χ0n) is 15.3. The quantitative estimate of drug-likeness (QED) is 0.179. The molecule has 0 spiro atoms. The molecule has 0 N–H and O–H groups in total. The van der Waals surface area contributed by atoms with Crippen molar-refractivity contribution in [2.75, 3.05) is 0 Å². The van der Waals surface area contributed by atoms with Crippen LogP contribution in [0.25, 0.3) is 21.7 Å². The molecular weight excluding hydrogens is 441 g/mol. The SMILES string of the molecule is O=[N+]([O-])c1ccc(-c2sc(N=Cc3ccc(Cl)cc3)nc2-c2ccc(Cl)cc2)cc1. The summed E-state index contributed by atoms with van der Waals surface area (Å²) >= 11 is 13.4. The number of thiazole rings is 1. The molecule has 0 aliphatic rings. The number of hydrogen-bond donors (Lipinski definition) is 0. The number of rotatable bonds is 5. The maximum Gasteiger partial charge on any atom is 0.269 e. The van der Waals surface area contributed by atoms with Gasteiger partial charge in [-0.05, 0) is 47.5 Å². The molecule has 3 aromatic carbocycles. The average Bonchev–Trinajstić information content (AvgIpc) is 3.18. The third kappa shape index (κ3) is 4.57. The zero-order chi connectivity index (χ0) is 21.1. The monoisotopic (exact) mass is 453 g/mol. The van der Waals surface area contributed by atoms with Gasteiger partial charge in [-0.15, -0.1) is 0 Å². The highest BCUT2D eigenvalue weighted by molar-refractivity contribution is 7.19. The first-order chi connectivity index (χ1) is 14.5. The van der Waals surface area contributed by atoms with Gasteiger partial charge in [-0.3, -0.25) is 10.1 Å². The van der Waals surface area contributed by atoms with Gasteiger partial charge in [0.05, 0.1) is 15.5 Å². The Morgan fingerprint density at radius 3 is 2.03 bits per heavy atom. The second-order valence-corrected chi connectivity index (χ2v) is 8.15. The van der Waals surface area contributed by atoms with E-state index < -0.39 is 4.92 Å². The summed E-state index contributed by atoms with van der Waals surface area (Å²) in [5.74, 6) is 0. The standard InChI is InChI=1S/C22H13Cl2N3O2S/c23-17-7-1-14(2-8-17)13-25-22-26-20(15-3-9-18(24)10-4-15)21(30-22)16-5-11-19(12-6-16)27(28)29/h1-13H. The molecule has 4 aromatic rings. The molecule has 4 rings (SSSR count). The van der Waals surface area contributed by atoms with Crippen LogP contribution < -0.4 is 0 Å². The van der Waals surface area contributed by atoms with Gasteiger partial charge in [0.1, 0.15) is 0 Å². The van der Waals surface area contributed by atoms with Gasteiger partial charge < -0.3 is 0 Å². The molecule has 0 fully saturated rings. The molecule has 0 unspecified atom stereocenters. The molecular formula is C22H13Cl2N3O2S. The molecule has 0 bridgehead atoms. The van der Waals surface area contributed by atoms with Gasteiger partial charge in [0, 0.05) is 34.0 Å². The number of nitrogens with zero attached hydrogens (tertiary/aromatic N) is 3. The predicted molar refractivity (Wildman–Crippen MR) is 123 cm³/mol. The molecule has 0 saturated heterocycles. The predicted octanol–water partition coefficient (Wildman–Crippen LogP) is 7.44. The zero-order valence-corrected chi connectivity index (χ0v) is 17.7. The molecule has 5 nitrogen and oxygen atoms in total. The Bertz CT molecular complexity index is 1220. The number of nitro benzene ring substituents is 1. The van der Waals surface area contributed by atoms with Crippen molar-refractivity contribution in [3.63, 3.8) is 0 Å². The number of nitro groups is 1. The highest BCUT2D eigenvalue weighted by atomic mass is 35.5. The van der Waals surface area contributed by atoms with E-state index in [9.17, 15) is 10.1 Å². The summed E-state index contributed by atoms with van der Waals surface area (Å²) in [7, 11) is 0. The number of aliphatic imine (C=N–C) groups is 1. The molecule has 8 heteroatoms. The van der Waals surface area contributed by atoms with Gasteiger partial charge >= 0.3 is 0 Å². The minimum absolute atomic E-state index is 0.0392. The van der Waals surface area contributed by atoms with E-state index in [2.05, 4.69) is 4.99 Å². The molecule has 30 heavy (non-hydrogen) atoms. The van der Waals surface area contributed by atoms with Crippen molar-refractivity contribution in [1.82, 2.24) is 4.98 Å². The second kappa shape index (κ2) is 8.75. The average molecular weight is 454 g/mol. The van der Waals surface area contributed by atoms with Crippen molar-refractivity contribution in [2.24, 2.45) is 4.99 Å². The lowest BCUT2D eigenvalue weighted by Crippen LogP contribution is -1.87. The van der Waals surface area contributed by atoms with Crippen LogP contribution in [-0.4, -0.2) is 16.1 Å². The fourth-order valence-corrected chi connectivity index (χ4v) is 3.97. The van der Waals surface area contributed by atoms with Crippen molar-refractivity contribution < 1.29 is 4.92 Å². The van der Waals surface area contributed by atoms with Crippen molar-refractivity contribution in [3.05, 3.63) is 98.5 Å². The number of benzene rings is 3. The van der Waals surface area contributed by atoms with E-state index in [1.54, 1.807) is 42.6 Å². The van der Waals surface area contributed by atoms with Gasteiger partial charge in [-0.2, -0.15) is 0 Å². The second-order valence-electron chi connectivity index (χ2n) is 6.29. The third-order valence-electron chi connectivity index (χ3n) is 4.27. The van der Waals surface area contributed by atoms with Crippen molar-refractivity contribution in [2.45, 2.75) is 0 Å². The van der Waals surface area contributed by atoms with E-state index in [0.29, 0.717) is 15.2 Å². The van der Waals surface area contributed by atoms with Crippen molar-refractivity contribution in [3.8, 4) is 21.7 Å². The summed E-state index contributed by atoms with van der Waals surface area (Å²) in [6.45, 7) is 0. The van der Waals surface area contributed by atoms with Gasteiger partial charge in [-0.25, -0.2) is 9.98 Å². The van der Waals surface area contributed by atoms with E-state index in [1.165, 1.54) is 23.5 Å².